The summed E-state index contributed by atoms with van der Waals surface area (Å²) >= 11 is 5.61. The molecule has 0 heterocycles. The summed E-state index contributed by atoms with van der Waals surface area (Å²) in [6.07, 6.45) is 3.80. The molecule has 4 nitrogen and oxygen atoms in total. The van der Waals surface area contributed by atoms with E-state index in [9.17, 15) is 9.59 Å². The minimum Gasteiger partial charge on any atom is -0.426 e. The summed E-state index contributed by atoms with van der Waals surface area (Å²) in [5.41, 5.74) is 1.08. The number of carbonyl (C=O) groups is 2. The molecule has 0 aliphatic heterocycles. The number of aryl methyl sites for hydroxylation is 1. The van der Waals surface area contributed by atoms with Crippen molar-refractivity contribution in [2.45, 2.75) is 38.5 Å². The van der Waals surface area contributed by atoms with Crippen LogP contribution in [0.15, 0.2) is 54.6 Å². The van der Waals surface area contributed by atoms with Gasteiger partial charge in [0.15, 0.2) is 0 Å². The van der Waals surface area contributed by atoms with Crippen molar-refractivity contribution in [1.82, 2.24) is 0 Å². The van der Waals surface area contributed by atoms with Gasteiger partial charge in [-0.2, -0.15) is 0 Å². The Labute approximate surface area is 159 Å². The van der Waals surface area contributed by atoms with Gasteiger partial charge in [0, 0.05) is 24.8 Å². The zero-order chi connectivity index (χ0) is 18.6. The van der Waals surface area contributed by atoms with Crippen LogP contribution in [0.5, 0.6) is 11.5 Å². The van der Waals surface area contributed by atoms with E-state index in [0.717, 1.165) is 24.8 Å². The average molecular weight is 375 g/mol. The maximum absolute atomic E-state index is 12.0. The molecule has 138 valence electrons. The lowest BCUT2D eigenvalue weighted by molar-refractivity contribution is -0.134. The average Bonchev–Trinajstić information content (AvgIpc) is 2.65. The van der Waals surface area contributed by atoms with Crippen LogP contribution in [-0.2, 0) is 16.0 Å². The van der Waals surface area contributed by atoms with Gasteiger partial charge >= 0.3 is 11.9 Å². The van der Waals surface area contributed by atoms with Crippen molar-refractivity contribution in [3.05, 3.63) is 60.2 Å². The van der Waals surface area contributed by atoms with E-state index in [1.165, 1.54) is 0 Å². The third-order valence-electron chi connectivity index (χ3n) is 3.74. The molecule has 2 aromatic rings. The number of halogens is 1. The predicted octanol–water partition coefficient (Wildman–Crippen LogP) is 4.93. The number of rotatable bonds is 10. The fourth-order valence-electron chi connectivity index (χ4n) is 2.40. The predicted molar refractivity (Wildman–Crippen MR) is 102 cm³/mol. The highest BCUT2D eigenvalue weighted by molar-refractivity contribution is 6.17. The molecule has 0 aromatic heterocycles. The van der Waals surface area contributed by atoms with Gasteiger partial charge < -0.3 is 9.47 Å². The molecule has 2 rings (SSSR count). The zero-order valence-corrected chi connectivity index (χ0v) is 15.4. The Bertz CT molecular complexity index is 700. The van der Waals surface area contributed by atoms with Gasteiger partial charge in [-0.15, -0.1) is 11.6 Å². The molecule has 0 N–H and O–H groups in total. The molecule has 0 saturated heterocycles. The summed E-state index contributed by atoms with van der Waals surface area (Å²) in [4.78, 5) is 23.8. The van der Waals surface area contributed by atoms with Crippen LogP contribution < -0.4 is 9.47 Å². The standard InChI is InChI=1S/C21H23ClO4/c22-15-6-2-5-12-20(23)25-18-10-7-11-19(16-18)26-21(24)14-13-17-8-3-1-4-9-17/h1,3-4,7-11,16H,2,5-6,12-15H2. The van der Waals surface area contributed by atoms with Crippen LogP contribution in [0.1, 0.15) is 37.7 Å². The van der Waals surface area contributed by atoms with Gasteiger partial charge in [-0.05, 0) is 37.0 Å². The van der Waals surface area contributed by atoms with Crippen LogP contribution in [0.25, 0.3) is 0 Å². The van der Waals surface area contributed by atoms with Crippen LogP contribution in [-0.4, -0.2) is 17.8 Å². The monoisotopic (exact) mass is 374 g/mol. The molecule has 0 fully saturated rings. The lowest BCUT2D eigenvalue weighted by atomic mass is 10.1. The molecule has 2 aromatic carbocycles. The molecule has 0 aliphatic rings. The Kier molecular flexibility index (Phi) is 8.70. The Balaban J connectivity index is 1.78. The first kappa shape index (κ1) is 20.0. The number of esters is 2. The van der Waals surface area contributed by atoms with Crippen molar-refractivity contribution in [3.63, 3.8) is 0 Å². The molecular formula is C21H23ClO4. The quantitative estimate of drug-likeness (QED) is 0.256. The van der Waals surface area contributed by atoms with E-state index < -0.39 is 0 Å². The number of hydrogen-bond acceptors (Lipinski definition) is 4. The topological polar surface area (TPSA) is 52.6 Å². The highest BCUT2D eigenvalue weighted by Crippen LogP contribution is 2.21. The number of carbonyl (C=O) groups excluding carboxylic acids is 2. The minimum atomic E-state index is -0.321. The van der Waals surface area contributed by atoms with Crippen molar-refractivity contribution in [1.29, 1.82) is 0 Å². The van der Waals surface area contributed by atoms with Gasteiger partial charge in [-0.3, -0.25) is 9.59 Å². The molecular weight excluding hydrogens is 352 g/mol. The van der Waals surface area contributed by atoms with E-state index >= 15 is 0 Å². The van der Waals surface area contributed by atoms with Crippen molar-refractivity contribution >= 4 is 23.5 Å². The number of ether oxygens (including phenoxy) is 2. The third-order valence-corrected chi connectivity index (χ3v) is 4.01. The second-order valence-corrected chi connectivity index (χ2v) is 6.29. The van der Waals surface area contributed by atoms with Gasteiger partial charge in [0.2, 0.25) is 0 Å². The molecule has 0 saturated carbocycles. The van der Waals surface area contributed by atoms with E-state index in [0.29, 0.717) is 30.2 Å². The van der Waals surface area contributed by atoms with Gasteiger partial charge in [-0.1, -0.05) is 42.8 Å². The maximum Gasteiger partial charge on any atom is 0.311 e. The van der Waals surface area contributed by atoms with Crippen LogP contribution in [0, 0.1) is 0 Å². The molecule has 0 unspecified atom stereocenters. The molecule has 26 heavy (non-hydrogen) atoms. The van der Waals surface area contributed by atoms with Crippen molar-refractivity contribution in [2.75, 3.05) is 5.88 Å². The maximum atomic E-state index is 12.0. The first-order valence-corrected chi connectivity index (χ1v) is 9.32. The number of unbranched alkanes of at least 4 members (excludes halogenated alkanes) is 2. The van der Waals surface area contributed by atoms with E-state index in [1.54, 1.807) is 24.3 Å². The molecule has 0 bridgehead atoms. The van der Waals surface area contributed by atoms with Crippen LogP contribution in [0.4, 0.5) is 0 Å². The van der Waals surface area contributed by atoms with Gasteiger partial charge in [0.05, 0.1) is 0 Å². The third kappa shape index (κ3) is 7.70. The highest BCUT2D eigenvalue weighted by atomic mass is 35.5. The Morgan fingerprint density at radius 1 is 0.769 bits per heavy atom. The van der Waals surface area contributed by atoms with Gasteiger partial charge in [0.25, 0.3) is 0 Å². The molecule has 0 aliphatic carbocycles. The summed E-state index contributed by atoms with van der Waals surface area (Å²) in [7, 11) is 0. The largest absolute Gasteiger partial charge is 0.426 e. The SMILES string of the molecule is O=C(CCCCCCl)Oc1cccc(OC(=O)CCc2ccccc2)c1. The summed E-state index contributed by atoms with van der Waals surface area (Å²) in [6, 6.07) is 16.3. The van der Waals surface area contributed by atoms with Crippen molar-refractivity contribution < 1.29 is 19.1 Å². The normalized spacial score (nSPS) is 10.3. The van der Waals surface area contributed by atoms with Gasteiger partial charge in [0.1, 0.15) is 11.5 Å². The van der Waals surface area contributed by atoms with Crippen molar-refractivity contribution in [3.8, 4) is 11.5 Å². The van der Waals surface area contributed by atoms with E-state index in [4.69, 9.17) is 21.1 Å². The van der Waals surface area contributed by atoms with E-state index in [2.05, 4.69) is 0 Å². The number of benzene rings is 2. The van der Waals surface area contributed by atoms with Crippen LogP contribution in [0.2, 0.25) is 0 Å². The second kappa shape index (κ2) is 11.3. The fourth-order valence-corrected chi connectivity index (χ4v) is 2.59. The lowest BCUT2D eigenvalue weighted by Crippen LogP contribution is -2.10. The molecule has 5 heteroatoms. The number of alkyl halides is 1. The smallest absolute Gasteiger partial charge is 0.311 e. The second-order valence-electron chi connectivity index (χ2n) is 5.91. The van der Waals surface area contributed by atoms with E-state index in [1.807, 2.05) is 30.3 Å². The Hall–Kier alpha value is -2.33. The first-order chi connectivity index (χ1) is 12.7. The summed E-state index contributed by atoms with van der Waals surface area (Å²) < 4.78 is 10.6. The van der Waals surface area contributed by atoms with E-state index in [-0.39, 0.29) is 18.4 Å². The molecule has 0 amide bonds. The summed E-state index contributed by atoms with van der Waals surface area (Å²) in [5, 5.41) is 0. The Morgan fingerprint density at radius 2 is 1.42 bits per heavy atom. The highest BCUT2D eigenvalue weighted by Gasteiger charge is 2.09. The van der Waals surface area contributed by atoms with Gasteiger partial charge in [-0.25, -0.2) is 0 Å². The summed E-state index contributed by atoms with van der Waals surface area (Å²) in [6.45, 7) is 0. The van der Waals surface area contributed by atoms with Crippen LogP contribution >= 0.6 is 11.6 Å². The van der Waals surface area contributed by atoms with Crippen LogP contribution in [0.3, 0.4) is 0 Å². The molecule has 0 radical (unpaired) electrons. The molecule has 0 atom stereocenters. The zero-order valence-electron chi connectivity index (χ0n) is 14.7. The fraction of sp³-hybridized carbons (Fsp3) is 0.333. The number of hydrogen-bond donors (Lipinski definition) is 0. The first-order valence-electron chi connectivity index (χ1n) is 8.78. The Morgan fingerprint density at radius 3 is 2.08 bits per heavy atom. The van der Waals surface area contributed by atoms with Crippen molar-refractivity contribution in [2.24, 2.45) is 0 Å². The minimum absolute atomic E-state index is 0.286. The summed E-state index contributed by atoms with van der Waals surface area (Å²) in [5.74, 6) is 0.731. The molecule has 0 spiro atoms. The lowest BCUT2D eigenvalue weighted by Gasteiger charge is -2.08.